The molecule has 3 heteroatoms. The second kappa shape index (κ2) is 5.74. The normalized spacial score (nSPS) is 12.3. The lowest BCUT2D eigenvalue weighted by molar-refractivity contribution is 0.886. The Hall–Kier alpha value is -2.06. The molecule has 0 amide bonds. The number of nitrogens with zero attached hydrogens (tertiary/aromatic N) is 1. The molecule has 1 aromatic heterocycles. The van der Waals surface area contributed by atoms with E-state index in [2.05, 4.69) is 35.4 Å². The Morgan fingerprint density at radius 2 is 1.76 bits per heavy atom. The molecule has 1 heterocycles. The van der Waals surface area contributed by atoms with Crippen LogP contribution in [0.5, 0.6) is 0 Å². The van der Waals surface area contributed by atoms with Crippen LogP contribution in [0, 0.1) is 6.92 Å². The van der Waals surface area contributed by atoms with Gasteiger partial charge in [0.2, 0.25) is 0 Å². The average Bonchev–Trinajstić information content (AvgIpc) is 2.47. The molecule has 3 aromatic rings. The van der Waals surface area contributed by atoms with E-state index in [1.807, 2.05) is 43.3 Å². The molecule has 0 fully saturated rings. The van der Waals surface area contributed by atoms with Crippen LogP contribution in [0.1, 0.15) is 24.2 Å². The number of pyridine rings is 1. The van der Waals surface area contributed by atoms with Gasteiger partial charge in [-0.2, -0.15) is 0 Å². The molecule has 2 nitrogen and oxygen atoms in total. The van der Waals surface area contributed by atoms with Gasteiger partial charge in [0.25, 0.3) is 0 Å². The van der Waals surface area contributed by atoms with Crippen LogP contribution in [0.25, 0.3) is 10.9 Å². The Morgan fingerprint density at radius 3 is 2.57 bits per heavy atom. The predicted molar refractivity (Wildman–Crippen MR) is 90.0 cm³/mol. The summed E-state index contributed by atoms with van der Waals surface area (Å²) in [5.41, 5.74) is 4.19. The third kappa shape index (κ3) is 2.86. The molecule has 0 aliphatic heterocycles. The first-order chi connectivity index (χ1) is 10.1. The summed E-state index contributed by atoms with van der Waals surface area (Å²) < 4.78 is 0. The maximum atomic E-state index is 6.28. The first-order valence-corrected chi connectivity index (χ1v) is 7.40. The van der Waals surface area contributed by atoms with Crippen LogP contribution in [-0.4, -0.2) is 4.98 Å². The summed E-state index contributed by atoms with van der Waals surface area (Å²) >= 11 is 6.28. The molecule has 21 heavy (non-hydrogen) atoms. The Bertz CT molecular complexity index is 783. The molecule has 0 spiro atoms. The van der Waals surface area contributed by atoms with Crippen molar-refractivity contribution in [2.24, 2.45) is 0 Å². The Labute approximate surface area is 129 Å². The second-order valence-corrected chi connectivity index (χ2v) is 5.62. The van der Waals surface area contributed by atoms with E-state index in [-0.39, 0.29) is 6.04 Å². The van der Waals surface area contributed by atoms with Crippen LogP contribution in [-0.2, 0) is 0 Å². The third-order valence-electron chi connectivity index (χ3n) is 3.59. The van der Waals surface area contributed by atoms with E-state index >= 15 is 0 Å². The van der Waals surface area contributed by atoms with Gasteiger partial charge in [-0.3, -0.25) is 4.98 Å². The molecule has 1 unspecified atom stereocenters. The molecule has 106 valence electrons. The molecular weight excluding hydrogens is 280 g/mol. The third-order valence-corrected chi connectivity index (χ3v) is 3.93. The van der Waals surface area contributed by atoms with Crippen LogP contribution >= 0.6 is 11.6 Å². The smallest absolute Gasteiger partial charge is 0.0725 e. The Morgan fingerprint density at radius 1 is 1.05 bits per heavy atom. The van der Waals surface area contributed by atoms with Gasteiger partial charge in [-0.15, -0.1) is 0 Å². The van der Waals surface area contributed by atoms with Crippen LogP contribution in [0.2, 0.25) is 5.02 Å². The van der Waals surface area contributed by atoms with Crippen molar-refractivity contribution in [3.8, 4) is 0 Å². The van der Waals surface area contributed by atoms with Crippen molar-refractivity contribution >= 4 is 28.2 Å². The average molecular weight is 297 g/mol. The number of halogens is 1. The van der Waals surface area contributed by atoms with E-state index in [9.17, 15) is 0 Å². The van der Waals surface area contributed by atoms with E-state index in [1.165, 1.54) is 0 Å². The minimum Gasteiger partial charge on any atom is -0.378 e. The number of nitrogens with one attached hydrogen (secondary N) is 1. The molecule has 0 saturated heterocycles. The van der Waals surface area contributed by atoms with E-state index in [4.69, 9.17) is 11.6 Å². The summed E-state index contributed by atoms with van der Waals surface area (Å²) in [5.74, 6) is 0. The number of para-hydroxylation sites is 1. The molecular formula is C18H17ClN2. The molecule has 0 aliphatic rings. The van der Waals surface area contributed by atoms with Crippen LogP contribution < -0.4 is 5.32 Å². The quantitative estimate of drug-likeness (QED) is 0.703. The highest BCUT2D eigenvalue weighted by atomic mass is 35.5. The van der Waals surface area contributed by atoms with E-state index in [1.54, 1.807) is 0 Å². The summed E-state index contributed by atoms with van der Waals surface area (Å²) in [6.45, 7) is 4.13. The lowest BCUT2D eigenvalue weighted by atomic mass is 10.1. The largest absolute Gasteiger partial charge is 0.378 e. The van der Waals surface area contributed by atoms with Crippen LogP contribution in [0.15, 0.2) is 54.6 Å². The molecule has 2 aromatic carbocycles. The highest BCUT2D eigenvalue weighted by Gasteiger charge is 2.11. The zero-order valence-electron chi connectivity index (χ0n) is 12.1. The van der Waals surface area contributed by atoms with Gasteiger partial charge < -0.3 is 5.32 Å². The number of hydrogen-bond donors (Lipinski definition) is 1. The van der Waals surface area contributed by atoms with E-state index < -0.39 is 0 Å². The first kappa shape index (κ1) is 13.9. The fraction of sp³-hybridized carbons (Fsp3) is 0.167. The summed E-state index contributed by atoms with van der Waals surface area (Å²) in [6, 6.07) is 18.3. The number of aryl methyl sites for hydroxylation is 1. The lowest BCUT2D eigenvalue weighted by Crippen LogP contribution is -2.08. The molecule has 3 rings (SSSR count). The fourth-order valence-electron chi connectivity index (χ4n) is 2.56. The van der Waals surface area contributed by atoms with Crippen LogP contribution in [0.4, 0.5) is 5.69 Å². The van der Waals surface area contributed by atoms with Gasteiger partial charge in [-0.25, -0.2) is 0 Å². The highest BCUT2D eigenvalue weighted by Crippen LogP contribution is 2.29. The summed E-state index contributed by atoms with van der Waals surface area (Å²) in [5, 5.41) is 5.47. The van der Waals surface area contributed by atoms with Crippen molar-refractivity contribution in [1.82, 2.24) is 4.98 Å². The standard InChI is InChI=1S/C18H17ClN2/c1-12-11-18(15-8-4-6-10-17(15)20-12)21-13(2)14-7-3-5-9-16(14)19/h3-11,13H,1-2H3,(H,20,21). The van der Waals surface area contributed by atoms with Gasteiger partial charge in [0.15, 0.2) is 0 Å². The molecule has 0 bridgehead atoms. The van der Waals surface area contributed by atoms with Gasteiger partial charge >= 0.3 is 0 Å². The number of hydrogen-bond acceptors (Lipinski definition) is 2. The van der Waals surface area contributed by atoms with Crippen molar-refractivity contribution < 1.29 is 0 Å². The lowest BCUT2D eigenvalue weighted by Gasteiger charge is -2.18. The molecule has 0 aliphatic carbocycles. The number of rotatable bonds is 3. The second-order valence-electron chi connectivity index (χ2n) is 5.22. The monoisotopic (exact) mass is 296 g/mol. The van der Waals surface area contributed by atoms with Gasteiger partial charge in [-0.05, 0) is 37.6 Å². The van der Waals surface area contributed by atoms with E-state index in [0.29, 0.717) is 0 Å². The molecule has 1 N–H and O–H groups in total. The zero-order valence-corrected chi connectivity index (χ0v) is 12.9. The number of fused-ring (bicyclic) bond motifs is 1. The van der Waals surface area contributed by atoms with Crippen molar-refractivity contribution in [3.63, 3.8) is 0 Å². The summed E-state index contributed by atoms with van der Waals surface area (Å²) in [7, 11) is 0. The minimum absolute atomic E-state index is 0.129. The van der Waals surface area contributed by atoms with Gasteiger partial charge in [0.05, 0.1) is 11.6 Å². The molecule has 0 saturated carbocycles. The highest BCUT2D eigenvalue weighted by molar-refractivity contribution is 6.31. The van der Waals surface area contributed by atoms with Crippen molar-refractivity contribution in [3.05, 3.63) is 70.9 Å². The maximum Gasteiger partial charge on any atom is 0.0725 e. The van der Waals surface area contributed by atoms with Crippen molar-refractivity contribution in [2.75, 3.05) is 5.32 Å². The van der Waals surface area contributed by atoms with Crippen molar-refractivity contribution in [1.29, 1.82) is 0 Å². The summed E-state index contributed by atoms with van der Waals surface area (Å²) in [4.78, 5) is 4.57. The van der Waals surface area contributed by atoms with Gasteiger partial charge in [-0.1, -0.05) is 48.0 Å². The van der Waals surface area contributed by atoms with Crippen LogP contribution in [0.3, 0.4) is 0 Å². The Balaban J connectivity index is 2.00. The Kier molecular flexibility index (Phi) is 3.80. The van der Waals surface area contributed by atoms with Gasteiger partial charge in [0.1, 0.15) is 0 Å². The number of aromatic nitrogens is 1. The minimum atomic E-state index is 0.129. The first-order valence-electron chi connectivity index (χ1n) is 7.02. The molecule has 1 atom stereocenters. The topological polar surface area (TPSA) is 24.9 Å². The van der Waals surface area contributed by atoms with E-state index in [0.717, 1.165) is 32.9 Å². The SMILES string of the molecule is Cc1cc(NC(C)c2ccccc2Cl)c2ccccc2n1. The van der Waals surface area contributed by atoms with Crippen molar-refractivity contribution in [2.45, 2.75) is 19.9 Å². The van der Waals surface area contributed by atoms with Gasteiger partial charge in [0, 0.05) is 21.8 Å². The molecule has 0 radical (unpaired) electrons. The summed E-state index contributed by atoms with van der Waals surface area (Å²) in [6.07, 6.45) is 0. The number of benzene rings is 2. The number of anilines is 1. The fourth-order valence-corrected chi connectivity index (χ4v) is 2.86. The maximum absolute atomic E-state index is 6.28. The zero-order chi connectivity index (χ0) is 14.8. The predicted octanol–water partition coefficient (Wildman–Crippen LogP) is 5.37.